The van der Waals surface area contributed by atoms with Crippen LogP contribution in [-0.4, -0.2) is 30.1 Å². The first-order valence-electron chi connectivity index (χ1n) is 6.93. The molecule has 0 amide bonds. The van der Waals surface area contributed by atoms with Gasteiger partial charge in [0.05, 0.1) is 0 Å². The topological polar surface area (TPSA) is 50.4 Å². The molecule has 0 aromatic rings. The van der Waals surface area contributed by atoms with Gasteiger partial charge in [0.2, 0.25) is 0 Å². The first-order chi connectivity index (χ1) is 8.28. The smallest absolute Gasteiger partial charge is 0.188 e. The first kappa shape index (κ1) is 11.7. The summed E-state index contributed by atoms with van der Waals surface area (Å²) >= 11 is 2.11. The molecule has 3 N–H and O–H groups in total. The zero-order chi connectivity index (χ0) is 11.7. The van der Waals surface area contributed by atoms with Crippen molar-refractivity contribution in [3.05, 3.63) is 0 Å². The van der Waals surface area contributed by atoms with Crippen LogP contribution in [-0.2, 0) is 0 Å². The predicted molar refractivity (Wildman–Crippen MR) is 74.4 cm³/mol. The molecule has 17 heavy (non-hydrogen) atoms. The summed E-state index contributed by atoms with van der Waals surface area (Å²) in [4.78, 5) is 4.53. The third-order valence-electron chi connectivity index (χ3n) is 4.79. The zero-order valence-corrected chi connectivity index (χ0v) is 11.3. The van der Waals surface area contributed by atoms with E-state index in [1.807, 2.05) is 0 Å². The second kappa shape index (κ2) is 4.71. The lowest BCUT2D eigenvalue weighted by Gasteiger charge is -2.26. The monoisotopic (exact) mass is 253 g/mol. The van der Waals surface area contributed by atoms with Crippen LogP contribution in [0.3, 0.4) is 0 Å². The van der Waals surface area contributed by atoms with Crippen LogP contribution in [0.1, 0.15) is 38.5 Å². The Morgan fingerprint density at radius 1 is 1.35 bits per heavy atom. The molecule has 3 rings (SSSR count). The fraction of sp³-hybridized carbons (Fsp3) is 0.923. The van der Waals surface area contributed by atoms with Crippen LogP contribution in [0.5, 0.6) is 0 Å². The molecule has 96 valence electrons. The molecule has 1 heterocycles. The van der Waals surface area contributed by atoms with Crippen molar-refractivity contribution in [3.63, 3.8) is 0 Å². The minimum Gasteiger partial charge on any atom is -0.370 e. The van der Waals surface area contributed by atoms with Crippen molar-refractivity contribution in [1.82, 2.24) is 5.32 Å². The average Bonchev–Trinajstić information content (AvgIpc) is 2.95. The van der Waals surface area contributed by atoms with Crippen molar-refractivity contribution < 1.29 is 0 Å². The molecule has 1 unspecified atom stereocenters. The van der Waals surface area contributed by atoms with Crippen LogP contribution in [0.4, 0.5) is 0 Å². The number of aliphatic imine (C=N–C) groups is 1. The Hall–Kier alpha value is -0.380. The van der Waals surface area contributed by atoms with Gasteiger partial charge in [-0.05, 0) is 61.4 Å². The fourth-order valence-corrected chi connectivity index (χ4v) is 4.40. The van der Waals surface area contributed by atoms with Crippen LogP contribution < -0.4 is 11.1 Å². The molecule has 4 heteroatoms. The van der Waals surface area contributed by atoms with Crippen molar-refractivity contribution in [2.24, 2.45) is 22.1 Å². The number of hydrogen-bond acceptors (Lipinski definition) is 2. The molecule has 0 bridgehead atoms. The summed E-state index contributed by atoms with van der Waals surface area (Å²) in [5, 5.41) is 3.31. The highest BCUT2D eigenvalue weighted by atomic mass is 32.2. The third kappa shape index (κ3) is 2.56. The zero-order valence-electron chi connectivity index (χ0n) is 10.5. The van der Waals surface area contributed by atoms with Crippen LogP contribution in [0.2, 0.25) is 0 Å². The van der Waals surface area contributed by atoms with E-state index in [-0.39, 0.29) is 0 Å². The van der Waals surface area contributed by atoms with Gasteiger partial charge < -0.3 is 11.1 Å². The quantitative estimate of drug-likeness (QED) is 0.597. The van der Waals surface area contributed by atoms with E-state index < -0.39 is 0 Å². The lowest BCUT2D eigenvalue weighted by Crippen LogP contribution is -2.43. The minimum absolute atomic E-state index is 0.609. The van der Waals surface area contributed by atoms with E-state index in [4.69, 9.17) is 5.73 Å². The number of nitrogens with zero attached hydrogens (tertiary/aromatic N) is 1. The van der Waals surface area contributed by atoms with Crippen molar-refractivity contribution in [2.75, 3.05) is 18.1 Å². The summed E-state index contributed by atoms with van der Waals surface area (Å²) in [6.07, 6.45) is 8.09. The Morgan fingerprint density at radius 3 is 2.76 bits per heavy atom. The number of nitrogens with two attached hydrogens (primary N) is 1. The van der Waals surface area contributed by atoms with Crippen molar-refractivity contribution in [3.8, 4) is 0 Å². The normalized spacial score (nSPS) is 32.2. The Balaban J connectivity index is 1.43. The molecule has 3 aliphatic rings. The second-order valence-corrected chi connectivity index (χ2v) is 7.10. The molecular formula is C13H23N3S. The summed E-state index contributed by atoms with van der Waals surface area (Å²) in [5.74, 6) is 4.22. The van der Waals surface area contributed by atoms with E-state index in [1.54, 1.807) is 0 Å². The van der Waals surface area contributed by atoms with E-state index in [0.717, 1.165) is 12.5 Å². The maximum atomic E-state index is 5.91. The summed E-state index contributed by atoms with van der Waals surface area (Å²) in [7, 11) is 0. The largest absolute Gasteiger partial charge is 0.370 e. The van der Waals surface area contributed by atoms with Crippen LogP contribution in [0, 0.1) is 11.3 Å². The highest BCUT2D eigenvalue weighted by molar-refractivity contribution is 7.99. The Bertz CT molecular complexity index is 306. The highest BCUT2D eigenvalue weighted by Gasteiger charge is 2.53. The average molecular weight is 253 g/mol. The van der Waals surface area contributed by atoms with Gasteiger partial charge in [-0.1, -0.05) is 0 Å². The first-order valence-corrected chi connectivity index (χ1v) is 8.08. The molecular weight excluding hydrogens is 230 g/mol. The van der Waals surface area contributed by atoms with Gasteiger partial charge in [0.25, 0.3) is 0 Å². The van der Waals surface area contributed by atoms with E-state index in [1.165, 1.54) is 50.0 Å². The highest BCUT2D eigenvalue weighted by Crippen LogP contribution is 2.60. The lowest BCUT2D eigenvalue weighted by atomic mass is 9.93. The van der Waals surface area contributed by atoms with Gasteiger partial charge >= 0.3 is 0 Å². The van der Waals surface area contributed by atoms with E-state index in [9.17, 15) is 0 Å². The molecule has 0 aromatic carbocycles. The lowest BCUT2D eigenvalue weighted by molar-refractivity contribution is 0.381. The van der Waals surface area contributed by atoms with E-state index >= 15 is 0 Å². The van der Waals surface area contributed by atoms with E-state index in [2.05, 4.69) is 22.1 Å². The fourth-order valence-electron chi connectivity index (χ4n) is 3.10. The number of nitrogens with one attached hydrogen (secondary N) is 1. The van der Waals surface area contributed by atoms with Gasteiger partial charge in [0.15, 0.2) is 5.96 Å². The van der Waals surface area contributed by atoms with Gasteiger partial charge in [-0.25, -0.2) is 0 Å². The summed E-state index contributed by atoms with van der Waals surface area (Å²) < 4.78 is 0. The molecule has 1 saturated heterocycles. The summed E-state index contributed by atoms with van der Waals surface area (Å²) in [6, 6.07) is 0.609. The van der Waals surface area contributed by atoms with Gasteiger partial charge in [-0.3, -0.25) is 4.99 Å². The van der Waals surface area contributed by atoms with Crippen molar-refractivity contribution in [1.29, 1.82) is 0 Å². The molecule has 0 radical (unpaired) electrons. The van der Waals surface area contributed by atoms with Crippen LogP contribution >= 0.6 is 11.8 Å². The second-order valence-electron chi connectivity index (χ2n) is 5.87. The number of hydrogen-bond donors (Lipinski definition) is 2. The molecule has 3 nitrogen and oxygen atoms in total. The van der Waals surface area contributed by atoms with Gasteiger partial charge in [-0.15, -0.1) is 0 Å². The SMILES string of the molecule is NC(=NCC1CC12CCSCC2)NC1CCC1. The van der Waals surface area contributed by atoms with Crippen molar-refractivity contribution in [2.45, 2.75) is 44.6 Å². The number of rotatable bonds is 3. The molecule has 1 atom stereocenters. The van der Waals surface area contributed by atoms with Crippen LogP contribution in [0.15, 0.2) is 4.99 Å². The maximum absolute atomic E-state index is 5.91. The predicted octanol–water partition coefficient (Wildman–Crippen LogP) is 1.98. The number of thioether (sulfide) groups is 1. The summed E-state index contributed by atoms with van der Waals surface area (Å²) in [6.45, 7) is 0.955. The molecule has 3 fully saturated rings. The molecule has 2 aliphatic carbocycles. The third-order valence-corrected chi connectivity index (χ3v) is 5.77. The minimum atomic E-state index is 0.609. The molecule has 1 aliphatic heterocycles. The number of guanidine groups is 1. The van der Waals surface area contributed by atoms with E-state index in [0.29, 0.717) is 17.4 Å². The van der Waals surface area contributed by atoms with Gasteiger partial charge in [0.1, 0.15) is 0 Å². The molecule has 1 spiro atoms. The maximum Gasteiger partial charge on any atom is 0.188 e. The summed E-state index contributed by atoms with van der Waals surface area (Å²) in [5.41, 5.74) is 6.59. The van der Waals surface area contributed by atoms with Crippen molar-refractivity contribution >= 4 is 17.7 Å². The Labute approximate surface area is 108 Å². The Kier molecular flexibility index (Phi) is 3.24. The molecule has 2 saturated carbocycles. The molecule has 0 aromatic heterocycles. The van der Waals surface area contributed by atoms with Crippen LogP contribution in [0.25, 0.3) is 0 Å². The van der Waals surface area contributed by atoms with Gasteiger partial charge in [-0.2, -0.15) is 11.8 Å². The Morgan fingerprint density at radius 2 is 2.12 bits per heavy atom. The standard InChI is InChI=1S/C13H23N3S/c14-12(16-11-2-1-3-11)15-9-10-8-13(10)4-6-17-7-5-13/h10-11H,1-9H2,(H3,14,15,16). The van der Waals surface area contributed by atoms with Gasteiger partial charge in [0, 0.05) is 12.6 Å².